The largest absolute Gasteiger partial charge is 0.319 e. The standard InChI is InChI=1S/C16H16FN3O/c1-10-2-3-12(9-19-10)16(21)20-14-5-4-11-8-18-7-6-13(11)15(14)17/h2-5,9,18H,6-8H2,1H3,(H,20,21). The number of aromatic nitrogens is 1. The molecule has 21 heavy (non-hydrogen) atoms. The van der Waals surface area contributed by atoms with E-state index in [2.05, 4.69) is 15.6 Å². The Hall–Kier alpha value is -2.27. The van der Waals surface area contributed by atoms with Gasteiger partial charge in [-0.1, -0.05) is 6.07 Å². The van der Waals surface area contributed by atoms with Crippen LogP contribution in [0.25, 0.3) is 0 Å². The zero-order chi connectivity index (χ0) is 14.8. The van der Waals surface area contributed by atoms with Gasteiger partial charge in [-0.2, -0.15) is 0 Å². The molecule has 1 aromatic carbocycles. The number of halogens is 1. The maximum Gasteiger partial charge on any atom is 0.257 e. The number of nitrogens with one attached hydrogen (secondary N) is 2. The smallest absolute Gasteiger partial charge is 0.257 e. The van der Waals surface area contributed by atoms with Gasteiger partial charge in [0.15, 0.2) is 0 Å². The third kappa shape index (κ3) is 2.78. The van der Waals surface area contributed by atoms with Crippen molar-refractivity contribution in [1.29, 1.82) is 0 Å². The molecule has 1 amide bonds. The van der Waals surface area contributed by atoms with Crippen molar-refractivity contribution in [3.05, 3.63) is 58.7 Å². The van der Waals surface area contributed by atoms with Crippen molar-refractivity contribution in [1.82, 2.24) is 10.3 Å². The quantitative estimate of drug-likeness (QED) is 0.891. The first-order valence-corrected chi connectivity index (χ1v) is 6.90. The van der Waals surface area contributed by atoms with Gasteiger partial charge in [-0.25, -0.2) is 4.39 Å². The molecule has 0 atom stereocenters. The third-order valence-electron chi connectivity index (χ3n) is 3.63. The maximum absolute atomic E-state index is 14.4. The van der Waals surface area contributed by atoms with Crippen LogP contribution in [-0.4, -0.2) is 17.4 Å². The van der Waals surface area contributed by atoms with Crippen molar-refractivity contribution in [2.45, 2.75) is 19.9 Å². The molecule has 0 bridgehead atoms. The topological polar surface area (TPSA) is 54.0 Å². The fourth-order valence-electron chi connectivity index (χ4n) is 2.43. The van der Waals surface area contributed by atoms with E-state index in [1.165, 1.54) is 6.20 Å². The van der Waals surface area contributed by atoms with Crippen LogP contribution in [0.15, 0.2) is 30.5 Å². The lowest BCUT2D eigenvalue weighted by Crippen LogP contribution is -2.25. The average molecular weight is 285 g/mol. The number of hydrogen-bond acceptors (Lipinski definition) is 3. The minimum Gasteiger partial charge on any atom is -0.319 e. The molecule has 0 saturated carbocycles. The van der Waals surface area contributed by atoms with Gasteiger partial charge in [0.1, 0.15) is 5.82 Å². The summed E-state index contributed by atoms with van der Waals surface area (Å²) in [6.45, 7) is 3.27. The number of carbonyl (C=O) groups is 1. The van der Waals surface area contributed by atoms with Crippen molar-refractivity contribution in [3.63, 3.8) is 0 Å². The highest BCUT2D eigenvalue weighted by atomic mass is 19.1. The Balaban J connectivity index is 1.84. The summed E-state index contributed by atoms with van der Waals surface area (Å²) in [7, 11) is 0. The van der Waals surface area contributed by atoms with Crippen LogP contribution in [0, 0.1) is 12.7 Å². The number of benzene rings is 1. The van der Waals surface area contributed by atoms with E-state index in [9.17, 15) is 9.18 Å². The molecule has 1 aromatic heterocycles. The van der Waals surface area contributed by atoms with E-state index in [1.807, 2.05) is 13.0 Å². The molecule has 0 spiro atoms. The second-order valence-corrected chi connectivity index (χ2v) is 5.13. The number of nitrogens with zero attached hydrogens (tertiary/aromatic N) is 1. The minimum absolute atomic E-state index is 0.223. The van der Waals surface area contributed by atoms with E-state index < -0.39 is 0 Å². The van der Waals surface area contributed by atoms with Gasteiger partial charge in [-0.3, -0.25) is 9.78 Å². The van der Waals surface area contributed by atoms with Crippen LogP contribution >= 0.6 is 0 Å². The van der Waals surface area contributed by atoms with E-state index in [0.29, 0.717) is 24.1 Å². The predicted octanol–water partition coefficient (Wildman–Crippen LogP) is 2.43. The molecule has 2 N–H and O–H groups in total. The van der Waals surface area contributed by atoms with Crippen LogP contribution < -0.4 is 10.6 Å². The second kappa shape index (κ2) is 5.61. The molecular formula is C16H16FN3O. The zero-order valence-electron chi connectivity index (χ0n) is 11.7. The number of anilines is 1. The number of hydrogen-bond donors (Lipinski definition) is 2. The Morgan fingerprint density at radius 2 is 2.19 bits per heavy atom. The highest BCUT2D eigenvalue weighted by Gasteiger charge is 2.18. The zero-order valence-corrected chi connectivity index (χ0v) is 11.7. The highest BCUT2D eigenvalue weighted by molar-refractivity contribution is 6.04. The first kappa shape index (κ1) is 13.7. The number of aryl methyl sites for hydroxylation is 1. The summed E-state index contributed by atoms with van der Waals surface area (Å²) in [4.78, 5) is 16.2. The van der Waals surface area contributed by atoms with E-state index in [0.717, 1.165) is 17.8 Å². The van der Waals surface area contributed by atoms with Gasteiger partial charge in [0.05, 0.1) is 11.3 Å². The molecule has 0 radical (unpaired) electrons. The van der Waals surface area contributed by atoms with E-state index in [-0.39, 0.29) is 17.4 Å². The maximum atomic E-state index is 14.4. The third-order valence-corrected chi connectivity index (χ3v) is 3.63. The summed E-state index contributed by atoms with van der Waals surface area (Å²) in [5, 5.41) is 5.82. The van der Waals surface area contributed by atoms with Crippen LogP contribution in [0.5, 0.6) is 0 Å². The first-order chi connectivity index (χ1) is 10.1. The number of amides is 1. The van der Waals surface area contributed by atoms with Crippen molar-refractivity contribution in [3.8, 4) is 0 Å². The van der Waals surface area contributed by atoms with Crippen molar-refractivity contribution in [2.24, 2.45) is 0 Å². The molecule has 2 aromatic rings. The summed E-state index contributed by atoms with van der Waals surface area (Å²) in [5.41, 5.74) is 3.11. The SMILES string of the molecule is Cc1ccc(C(=O)Nc2ccc3c(c2F)CCNC3)cn1. The Labute approximate surface area is 122 Å². The summed E-state index contributed by atoms with van der Waals surface area (Å²) >= 11 is 0. The predicted molar refractivity (Wildman–Crippen MR) is 78.7 cm³/mol. The van der Waals surface area contributed by atoms with Gasteiger partial charge >= 0.3 is 0 Å². The van der Waals surface area contributed by atoms with Gasteiger partial charge in [-0.05, 0) is 49.2 Å². The molecule has 1 aliphatic heterocycles. The molecule has 5 heteroatoms. The Morgan fingerprint density at radius 1 is 1.33 bits per heavy atom. The summed E-state index contributed by atoms with van der Waals surface area (Å²) < 4.78 is 14.4. The lowest BCUT2D eigenvalue weighted by molar-refractivity contribution is 0.102. The Morgan fingerprint density at radius 3 is 2.95 bits per heavy atom. The van der Waals surface area contributed by atoms with E-state index in [1.54, 1.807) is 18.2 Å². The lowest BCUT2D eigenvalue weighted by Gasteiger charge is -2.19. The minimum atomic E-state index is -0.352. The van der Waals surface area contributed by atoms with E-state index >= 15 is 0 Å². The van der Waals surface area contributed by atoms with Crippen LogP contribution in [-0.2, 0) is 13.0 Å². The first-order valence-electron chi connectivity index (χ1n) is 6.90. The van der Waals surface area contributed by atoms with Gasteiger partial charge in [-0.15, -0.1) is 0 Å². The molecule has 4 nitrogen and oxygen atoms in total. The number of fused-ring (bicyclic) bond motifs is 1. The molecule has 0 fully saturated rings. The van der Waals surface area contributed by atoms with Crippen LogP contribution in [0.2, 0.25) is 0 Å². The molecule has 0 unspecified atom stereocenters. The van der Waals surface area contributed by atoms with Gasteiger partial charge in [0.25, 0.3) is 5.91 Å². The van der Waals surface area contributed by atoms with Gasteiger partial charge in [0, 0.05) is 18.4 Å². The molecular weight excluding hydrogens is 269 g/mol. The van der Waals surface area contributed by atoms with Gasteiger partial charge in [0.2, 0.25) is 0 Å². The Kier molecular flexibility index (Phi) is 3.66. The van der Waals surface area contributed by atoms with Crippen molar-refractivity contribution in [2.75, 3.05) is 11.9 Å². The number of carbonyl (C=O) groups excluding carboxylic acids is 1. The summed E-state index contributed by atoms with van der Waals surface area (Å²) in [6.07, 6.45) is 2.13. The fourth-order valence-corrected chi connectivity index (χ4v) is 2.43. The number of pyridine rings is 1. The van der Waals surface area contributed by atoms with Crippen molar-refractivity contribution >= 4 is 11.6 Å². The molecule has 1 aliphatic rings. The molecule has 108 valence electrons. The highest BCUT2D eigenvalue weighted by Crippen LogP contribution is 2.24. The van der Waals surface area contributed by atoms with Gasteiger partial charge < -0.3 is 10.6 Å². The number of rotatable bonds is 2. The lowest BCUT2D eigenvalue weighted by atomic mass is 9.99. The van der Waals surface area contributed by atoms with Crippen LogP contribution in [0.4, 0.5) is 10.1 Å². The molecule has 0 saturated heterocycles. The molecule has 3 rings (SSSR count). The molecule has 0 aliphatic carbocycles. The summed E-state index contributed by atoms with van der Waals surface area (Å²) in [6, 6.07) is 6.90. The van der Waals surface area contributed by atoms with Crippen LogP contribution in [0.1, 0.15) is 27.2 Å². The van der Waals surface area contributed by atoms with E-state index in [4.69, 9.17) is 0 Å². The molecule has 2 heterocycles. The van der Waals surface area contributed by atoms with Crippen molar-refractivity contribution < 1.29 is 9.18 Å². The summed E-state index contributed by atoms with van der Waals surface area (Å²) in [5.74, 6) is -0.683. The monoisotopic (exact) mass is 285 g/mol. The normalized spacial score (nSPS) is 13.6. The average Bonchev–Trinajstić information content (AvgIpc) is 2.51. The second-order valence-electron chi connectivity index (χ2n) is 5.13. The fraction of sp³-hybridized carbons (Fsp3) is 0.250. The Bertz CT molecular complexity index is 683. The van der Waals surface area contributed by atoms with Crippen LogP contribution in [0.3, 0.4) is 0 Å².